The third-order valence-electron chi connectivity index (χ3n) is 2.91. The summed E-state index contributed by atoms with van der Waals surface area (Å²) in [6.45, 7) is 8.39. The van der Waals surface area contributed by atoms with E-state index < -0.39 is 0 Å². The van der Waals surface area contributed by atoms with Crippen molar-refractivity contribution in [1.29, 1.82) is 0 Å². The molecule has 0 saturated heterocycles. The molecule has 0 aromatic carbocycles. The van der Waals surface area contributed by atoms with Crippen LogP contribution < -0.4 is 0 Å². The molecule has 0 aliphatic heterocycles. The summed E-state index contributed by atoms with van der Waals surface area (Å²) in [4.78, 5) is 19.9. The van der Waals surface area contributed by atoms with E-state index in [0.717, 1.165) is 31.8 Å². The maximum Gasteiger partial charge on any atom is 0.240 e. The van der Waals surface area contributed by atoms with Crippen LogP contribution in [0.1, 0.15) is 38.9 Å². The Balaban J connectivity index is 2.45. The number of likely N-dealkylation sites (N-methyl/N-ethyl adjacent to an activating group) is 2. The van der Waals surface area contributed by atoms with Crippen LogP contribution in [0.25, 0.3) is 0 Å². The van der Waals surface area contributed by atoms with Gasteiger partial charge in [0.25, 0.3) is 0 Å². The number of aromatic nitrogens is 2. The van der Waals surface area contributed by atoms with Crippen LogP contribution in [0.2, 0.25) is 0 Å². The number of hydrogen-bond donors (Lipinski definition) is 0. The zero-order valence-electron chi connectivity index (χ0n) is 12.3. The summed E-state index contributed by atoms with van der Waals surface area (Å²) in [5.74, 6) is 1.43. The SMILES string of the molecule is CCCc1noc(CN(C)CC(=O)N(CC)CC)n1. The fourth-order valence-corrected chi connectivity index (χ4v) is 1.87. The van der Waals surface area contributed by atoms with Crippen molar-refractivity contribution in [2.24, 2.45) is 0 Å². The Bertz CT molecular complexity index is 388. The summed E-state index contributed by atoms with van der Waals surface area (Å²) in [6.07, 6.45) is 1.82. The van der Waals surface area contributed by atoms with Crippen molar-refractivity contribution in [3.8, 4) is 0 Å². The number of aryl methyl sites for hydroxylation is 1. The van der Waals surface area contributed by atoms with Crippen molar-refractivity contribution in [2.45, 2.75) is 40.2 Å². The molecule has 1 amide bonds. The maximum absolute atomic E-state index is 11.9. The minimum absolute atomic E-state index is 0.126. The van der Waals surface area contributed by atoms with Gasteiger partial charge in [0.05, 0.1) is 13.1 Å². The van der Waals surface area contributed by atoms with Crippen molar-refractivity contribution in [3.05, 3.63) is 11.7 Å². The topological polar surface area (TPSA) is 62.5 Å². The molecule has 0 fully saturated rings. The van der Waals surface area contributed by atoms with Crippen molar-refractivity contribution in [1.82, 2.24) is 19.9 Å². The highest BCUT2D eigenvalue weighted by molar-refractivity contribution is 5.78. The first-order chi connectivity index (χ1) is 9.10. The molecule has 0 N–H and O–H groups in total. The van der Waals surface area contributed by atoms with E-state index in [1.165, 1.54) is 0 Å². The molecule has 0 radical (unpaired) electrons. The molecule has 1 rings (SSSR count). The van der Waals surface area contributed by atoms with Crippen LogP contribution in [0, 0.1) is 0 Å². The van der Waals surface area contributed by atoms with Crippen LogP contribution in [0.15, 0.2) is 4.52 Å². The lowest BCUT2D eigenvalue weighted by Crippen LogP contribution is -2.38. The first-order valence-electron chi connectivity index (χ1n) is 6.88. The van der Waals surface area contributed by atoms with Gasteiger partial charge in [0.15, 0.2) is 5.82 Å². The van der Waals surface area contributed by atoms with Crippen LogP contribution in [0.5, 0.6) is 0 Å². The van der Waals surface area contributed by atoms with Gasteiger partial charge in [-0.3, -0.25) is 9.69 Å². The van der Waals surface area contributed by atoms with Crippen LogP contribution in [-0.2, 0) is 17.8 Å². The summed E-state index contributed by atoms with van der Waals surface area (Å²) in [6, 6.07) is 0. The van der Waals surface area contributed by atoms with Gasteiger partial charge >= 0.3 is 0 Å². The van der Waals surface area contributed by atoms with Crippen LogP contribution in [0.3, 0.4) is 0 Å². The molecule has 108 valence electrons. The second-order valence-corrected chi connectivity index (χ2v) is 4.59. The van der Waals surface area contributed by atoms with Gasteiger partial charge in [-0.15, -0.1) is 0 Å². The van der Waals surface area contributed by atoms with Gasteiger partial charge in [0.1, 0.15) is 0 Å². The molecule has 19 heavy (non-hydrogen) atoms. The molecule has 6 heteroatoms. The second-order valence-electron chi connectivity index (χ2n) is 4.59. The van der Waals surface area contributed by atoms with Gasteiger partial charge in [-0.1, -0.05) is 12.1 Å². The molecule has 6 nitrogen and oxygen atoms in total. The van der Waals surface area contributed by atoms with Gasteiger partial charge < -0.3 is 9.42 Å². The minimum Gasteiger partial charge on any atom is -0.342 e. The Morgan fingerprint density at radius 1 is 1.26 bits per heavy atom. The molecule has 0 aliphatic rings. The fourth-order valence-electron chi connectivity index (χ4n) is 1.87. The van der Waals surface area contributed by atoms with Crippen LogP contribution in [0.4, 0.5) is 0 Å². The quantitative estimate of drug-likeness (QED) is 0.711. The number of hydrogen-bond acceptors (Lipinski definition) is 5. The predicted molar refractivity (Wildman–Crippen MR) is 72.6 cm³/mol. The third-order valence-corrected chi connectivity index (χ3v) is 2.91. The third kappa shape index (κ3) is 4.98. The smallest absolute Gasteiger partial charge is 0.240 e. The summed E-state index contributed by atoms with van der Waals surface area (Å²) in [5, 5.41) is 3.90. The number of carbonyl (C=O) groups is 1. The molecule has 1 aromatic heterocycles. The second kappa shape index (κ2) is 7.89. The summed E-state index contributed by atoms with van der Waals surface area (Å²) in [5.41, 5.74) is 0. The Morgan fingerprint density at radius 3 is 2.53 bits per heavy atom. The molecule has 1 aromatic rings. The Kier molecular flexibility index (Phi) is 6.49. The average Bonchev–Trinajstić information content (AvgIpc) is 2.78. The van der Waals surface area contributed by atoms with Crippen molar-refractivity contribution >= 4 is 5.91 Å². The zero-order chi connectivity index (χ0) is 14.3. The predicted octanol–water partition coefficient (Wildman–Crippen LogP) is 1.32. The van der Waals surface area contributed by atoms with Crippen LogP contribution >= 0.6 is 0 Å². The number of rotatable bonds is 8. The van der Waals surface area contributed by atoms with E-state index in [1.54, 1.807) is 0 Å². The minimum atomic E-state index is 0.126. The standard InChI is InChI=1S/C13H24N4O2/c1-5-8-11-14-12(19-15-11)9-16(4)10-13(18)17(6-2)7-3/h5-10H2,1-4H3. The van der Waals surface area contributed by atoms with Crippen molar-refractivity contribution < 1.29 is 9.32 Å². The zero-order valence-corrected chi connectivity index (χ0v) is 12.3. The Labute approximate surface area is 114 Å². The van der Waals surface area contributed by atoms with E-state index in [1.807, 2.05) is 30.7 Å². The van der Waals surface area contributed by atoms with Gasteiger partial charge in [-0.05, 0) is 27.3 Å². The van der Waals surface area contributed by atoms with Gasteiger partial charge in [0, 0.05) is 19.5 Å². The lowest BCUT2D eigenvalue weighted by molar-refractivity contribution is -0.131. The van der Waals surface area contributed by atoms with Gasteiger partial charge in [-0.25, -0.2) is 0 Å². The first-order valence-corrected chi connectivity index (χ1v) is 6.88. The Morgan fingerprint density at radius 2 is 1.95 bits per heavy atom. The monoisotopic (exact) mass is 268 g/mol. The summed E-state index contributed by atoms with van der Waals surface area (Å²) < 4.78 is 5.15. The molecule has 0 bridgehead atoms. The average molecular weight is 268 g/mol. The molecular weight excluding hydrogens is 244 g/mol. The highest BCUT2D eigenvalue weighted by Gasteiger charge is 2.14. The van der Waals surface area contributed by atoms with E-state index in [0.29, 0.717) is 19.0 Å². The lowest BCUT2D eigenvalue weighted by atomic mass is 10.3. The molecule has 0 unspecified atom stereocenters. The molecular formula is C13H24N4O2. The number of nitrogens with zero attached hydrogens (tertiary/aromatic N) is 4. The normalized spacial score (nSPS) is 11.0. The van der Waals surface area contributed by atoms with E-state index >= 15 is 0 Å². The highest BCUT2D eigenvalue weighted by atomic mass is 16.5. The molecule has 0 atom stereocenters. The summed E-state index contributed by atoms with van der Waals surface area (Å²) >= 11 is 0. The van der Waals surface area contributed by atoms with E-state index in [-0.39, 0.29) is 5.91 Å². The largest absolute Gasteiger partial charge is 0.342 e. The number of amides is 1. The van der Waals surface area contributed by atoms with Crippen LogP contribution in [-0.4, -0.2) is 52.5 Å². The first kappa shape index (κ1) is 15.6. The Hall–Kier alpha value is -1.43. The van der Waals surface area contributed by atoms with E-state index in [2.05, 4.69) is 17.1 Å². The van der Waals surface area contributed by atoms with E-state index in [4.69, 9.17) is 4.52 Å². The van der Waals surface area contributed by atoms with E-state index in [9.17, 15) is 4.79 Å². The van der Waals surface area contributed by atoms with Crippen molar-refractivity contribution in [3.63, 3.8) is 0 Å². The molecule has 1 heterocycles. The maximum atomic E-state index is 11.9. The lowest BCUT2D eigenvalue weighted by Gasteiger charge is -2.22. The molecule has 0 spiro atoms. The fraction of sp³-hybridized carbons (Fsp3) is 0.769. The van der Waals surface area contributed by atoms with Gasteiger partial charge in [-0.2, -0.15) is 4.98 Å². The summed E-state index contributed by atoms with van der Waals surface area (Å²) in [7, 11) is 1.88. The van der Waals surface area contributed by atoms with Gasteiger partial charge in [0.2, 0.25) is 11.8 Å². The molecule has 0 saturated carbocycles. The highest BCUT2D eigenvalue weighted by Crippen LogP contribution is 2.03. The number of carbonyl (C=O) groups excluding carboxylic acids is 1. The van der Waals surface area contributed by atoms with Crippen molar-refractivity contribution in [2.75, 3.05) is 26.7 Å². The molecule has 0 aliphatic carbocycles.